The van der Waals surface area contributed by atoms with Crippen LogP contribution in [0.2, 0.25) is 0 Å². The summed E-state index contributed by atoms with van der Waals surface area (Å²) in [6.07, 6.45) is 0. The Bertz CT molecular complexity index is 370. The fraction of sp³-hybridized carbons (Fsp3) is 0.538. The first-order valence-electron chi connectivity index (χ1n) is 5.70. The van der Waals surface area contributed by atoms with Gasteiger partial charge in [-0.05, 0) is 37.6 Å². The van der Waals surface area contributed by atoms with E-state index < -0.39 is 17.4 Å². The molecule has 0 aliphatic rings. The van der Waals surface area contributed by atoms with Crippen molar-refractivity contribution in [1.29, 1.82) is 0 Å². The minimum absolute atomic E-state index is 0.315. The van der Waals surface area contributed by atoms with Crippen molar-refractivity contribution >= 4 is 0 Å². The first kappa shape index (κ1) is 13.9. The van der Waals surface area contributed by atoms with Gasteiger partial charge in [0.15, 0.2) is 17.4 Å². The normalized spacial score (nSPS) is 13.4. The average molecular weight is 243 g/mol. The van der Waals surface area contributed by atoms with Crippen LogP contribution in [0.5, 0.6) is 5.75 Å². The average Bonchev–Trinajstić information content (AvgIpc) is 2.24. The van der Waals surface area contributed by atoms with E-state index in [1.54, 1.807) is 0 Å². The molecule has 1 rings (SSSR count). The molecule has 2 nitrogen and oxygen atoms in total. The van der Waals surface area contributed by atoms with E-state index in [1.165, 1.54) is 12.1 Å². The largest absolute Gasteiger partial charge is 0.503 e. The van der Waals surface area contributed by atoms with Crippen LogP contribution in [-0.4, -0.2) is 23.1 Å². The van der Waals surface area contributed by atoms with Crippen LogP contribution in [0.4, 0.5) is 8.78 Å². The molecular weight excluding hydrogens is 224 g/mol. The third kappa shape index (κ3) is 3.40. The Morgan fingerprint density at radius 2 is 1.65 bits per heavy atom. The zero-order valence-corrected chi connectivity index (χ0v) is 10.7. The molecule has 1 atom stereocenters. The van der Waals surface area contributed by atoms with E-state index in [0.717, 1.165) is 0 Å². The fourth-order valence-electron chi connectivity index (χ4n) is 1.65. The zero-order chi connectivity index (χ0) is 13.2. The van der Waals surface area contributed by atoms with Crippen molar-refractivity contribution in [2.24, 2.45) is 5.92 Å². The van der Waals surface area contributed by atoms with Gasteiger partial charge in [-0.15, -0.1) is 0 Å². The van der Waals surface area contributed by atoms with Crippen LogP contribution in [-0.2, 0) is 6.54 Å². The van der Waals surface area contributed by atoms with Crippen LogP contribution in [0.25, 0.3) is 0 Å². The number of halogens is 2. The molecule has 0 spiro atoms. The summed E-state index contributed by atoms with van der Waals surface area (Å²) in [5.41, 5.74) is 0.521. The Hall–Kier alpha value is -1.16. The lowest BCUT2D eigenvalue weighted by atomic mass is 10.0. The summed E-state index contributed by atoms with van der Waals surface area (Å²) < 4.78 is 26.3. The minimum atomic E-state index is -0.911. The second-order valence-electron chi connectivity index (χ2n) is 4.81. The molecule has 17 heavy (non-hydrogen) atoms. The molecule has 1 aromatic rings. The van der Waals surface area contributed by atoms with Gasteiger partial charge in [0.2, 0.25) is 0 Å². The van der Waals surface area contributed by atoms with Gasteiger partial charge < -0.3 is 5.11 Å². The first-order chi connectivity index (χ1) is 7.82. The van der Waals surface area contributed by atoms with Crippen LogP contribution in [0, 0.1) is 17.6 Å². The van der Waals surface area contributed by atoms with Gasteiger partial charge in [-0.1, -0.05) is 13.8 Å². The quantitative estimate of drug-likeness (QED) is 0.878. The highest BCUT2D eigenvalue weighted by molar-refractivity contribution is 5.30. The van der Waals surface area contributed by atoms with E-state index >= 15 is 0 Å². The molecule has 1 unspecified atom stereocenters. The molecule has 0 heterocycles. The van der Waals surface area contributed by atoms with Crippen molar-refractivity contribution in [3.8, 4) is 5.75 Å². The minimum Gasteiger partial charge on any atom is -0.503 e. The molecule has 0 fully saturated rings. The summed E-state index contributed by atoms with van der Waals surface area (Å²) >= 11 is 0. The van der Waals surface area contributed by atoms with Crippen molar-refractivity contribution in [2.45, 2.75) is 33.4 Å². The molecule has 0 saturated carbocycles. The topological polar surface area (TPSA) is 23.5 Å². The zero-order valence-electron chi connectivity index (χ0n) is 10.7. The molecule has 96 valence electrons. The maximum atomic E-state index is 13.1. The van der Waals surface area contributed by atoms with Crippen molar-refractivity contribution in [3.05, 3.63) is 29.3 Å². The summed E-state index contributed by atoms with van der Waals surface area (Å²) in [4.78, 5) is 2.02. The molecule has 0 amide bonds. The van der Waals surface area contributed by atoms with Gasteiger partial charge in [-0.2, -0.15) is 0 Å². The first-order valence-corrected chi connectivity index (χ1v) is 5.70. The molecule has 4 heteroatoms. The molecule has 0 aromatic heterocycles. The van der Waals surface area contributed by atoms with E-state index in [1.807, 2.05) is 11.9 Å². The summed E-state index contributed by atoms with van der Waals surface area (Å²) in [7, 11) is 1.91. The molecule has 0 saturated heterocycles. The molecule has 0 radical (unpaired) electrons. The third-order valence-corrected chi connectivity index (χ3v) is 3.17. The number of aromatic hydroxyl groups is 1. The van der Waals surface area contributed by atoms with Crippen LogP contribution >= 0.6 is 0 Å². The lowest BCUT2D eigenvalue weighted by Crippen LogP contribution is -2.32. The van der Waals surface area contributed by atoms with Crippen LogP contribution in [0.15, 0.2) is 12.1 Å². The number of hydrogen-bond donors (Lipinski definition) is 1. The van der Waals surface area contributed by atoms with Crippen LogP contribution in [0.1, 0.15) is 26.3 Å². The standard InChI is InChI=1S/C13H19F2NO/c1-8(2)9(3)16(4)7-10-5-11(14)13(17)12(15)6-10/h5-6,8-9,17H,7H2,1-4H3. The second kappa shape index (κ2) is 5.45. The Labute approximate surface area is 101 Å². The molecule has 0 aliphatic carbocycles. The lowest BCUT2D eigenvalue weighted by molar-refractivity contribution is 0.200. The Morgan fingerprint density at radius 1 is 1.18 bits per heavy atom. The van der Waals surface area contributed by atoms with E-state index in [2.05, 4.69) is 20.8 Å². The van der Waals surface area contributed by atoms with Crippen molar-refractivity contribution in [1.82, 2.24) is 4.90 Å². The van der Waals surface area contributed by atoms with Gasteiger partial charge in [0, 0.05) is 12.6 Å². The summed E-state index contributed by atoms with van der Waals surface area (Å²) in [5, 5.41) is 9.00. The number of benzene rings is 1. The molecule has 1 N–H and O–H groups in total. The monoisotopic (exact) mass is 243 g/mol. The fourth-order valence-corrected chi connectivity index (χ4v) is 1.65. The Morgan fingerprint density at radius 3 is 2.06 bits per heavy atom. The predicted octanol–water partition coefficient (Wildman–Crippen LogP) is 3.15. The van der Waals surface area contributed by atoms with Gasteiger partial charge in [0.1, 0.15) is 0 Å². The highest BCUT2D eigenvalue weighted by Gasteiger charge is 2.15. The number of phenolic OH excluding ortho intramolecular Hbond substituents is 1. The molecule has 1 aromatic carbocycles. The van der Waals surface area contributed by atoms with Crippen LogP contribution in [0.3, 0.4) is 0 Å². The van der Waals surface area contributed by atoms with Crippen molar-refractivity contribution in [2.75, 3.05) is 7.05 Å². The van der Waals surface area contributed by atoms with Gasteiger partial charge >= 0.3 is 0 Å². The smallest absolute Gasteiger partial charge is 0.187 e. The summed E-state index contributed by atoms with van der Waals surface area (Å²) in [6.45, 7) is 6.71. The van der Waals surface area contributed by atoms with Gasteiger partial charge in [-0.25, -0.2) is 8.78 Å². The highest BCUT2D eigenvalue weighted by Crippen LogP contribution is 2.22. The number of nitrogens with zero attached hydrogens (tertiary/aromatic N) is 1. The predicted molar refractivity (Wildman–Crippen MR) is 63.8 cm³/mol. The Balaban J connectivity index is 2.82. The van der Waals surface area contributed by atoms with E-state index in [9.17, 15) is 8.78 Å². The lowest BCUT2D eigenvalue weighted by Gasteiger charge is -2.27. The van der Waals surface area contributed by atoms with E-state index in [-0.39, 0.29) is 0 Å². The van der Waals surface area contributed by atoms with Crippen LogP contribution < -0.4 is 0 Å². The van der Waals surface area contributed by atoms with Gasteiger partial charge in [-0.3, -0.25) is 4.90 Å². The maximum Gasteiger partial charge on any atom is 0.187 e. The van der Waals surface area contributed by atoms with E-state index in [4.69, 9.17) is 5.11 Å². The van der Waals surface area contributed by atoms with Crippen molar-refractivity contribution < 1.29 is 13.9 Å². The molecule has 0 bridgehead atoms. The molecular formula is C13H19F2NO. The van der Waals surface area contributed by atoms with Gasteiger partial charge in [0.25, 0.3) is 0 Å². The van der Waals surface area contributed by atoms with E-state index in [0.29, 0.717) is 24.1 Å². The highest BCUT2D eigenvalue weighted by atomic mass is 19.1. The SMILES string of the molecule is CC(C)C(C)N(C)Cc1cc(F)c(O)c(F)c1. The summed E-state index contributed by atoms with van der Waals surface area (Å²) in [5.74, 6) is -2.27. The third-order valence-electron chi connectivity index (χ3n) is 3.17. The molecule has 0 aliphatic heterocycles. The maximum absolute atomic E-state index is 13.1. The van der Waals surface area contributed by atoms with Crippen molar-refractivity contribution in [3.63, 3.8) is 0 Å². The number of hydrogen-bond acceptors (Lipinski definition) is 2. The summed E-state index contributed by atoms with van der Waals surface area (Å²) in [6, 6.07) is 2.65. The number of phenols is 1. The number of rotatable bonds is 4. The second-order valence-corrected chi connectivity index (χ2v) is 4.81. The van der Waals surface area contributed by atoms with Gasteiger partial charge in [0.05, 0.1) is 0 Å². The Kier molecular flexibility index (Phi) is 4.46.